The zero-order valence-electron chi connectivity index (χ0n) is 24.2. The number of ether oxygens (including phenoxy) is 4. The topological polar surface area (TPSA) is 257 Å². The fraction of sp³-hybridized carbons (Fsp3) is 0.962. The summed E-state index contributed by atoms with van der Waals surface area (Å²) < 4.78 is 23.9. The van der Waals surface area contributed by atoms with Gasteiger partial charge in [-0.3, -0.25) is 4.79 Å². The van der Waals surface area contributed by atoms with Crippen molar-refractivity contribution in [3.8, 4) is 0 Å². The molecule has 14 atom stereocenters. The number of hydrogen-bond donors (Lipinski definition) is 10. The summed E-state index contributed by atoms with van der Waals surface area (Å²) >= 11 is 0. The Balaban J connectivity index is 1.73. The lowest BCUT2D eigenvalue weighted by Gasteiger charge is -2.48. The van der Waals surface area contributed by atoms with E-state index in [0.717, 1.165) is 0 Å². The maximum Gasteiger partial charge on any atom is 0.250 e. The molecule has 15 heteroatoms. The standard InChI is InChI=1S/C26H51N5O10/c1-12(10-32)8-30-9-14-4-5-15(28)24(39-14)40-21-16(29)6-17(31-23(36)18(33)7-27)22(20(21)35)41-25-19(34)13(2)26(3,37)11-38-25/h12-22,24-25,30,32-35,37H,4-11,27-29H2,1-3H3,(H,31,36)/t12-,13+,14-,15?,16-,17+,18-,19?,20?,21?,22?,24+,25+,26?/m0/s1. The molecule has 15 nitrogen and oxygen atoms in total. The van der Waals surface area contributed by atoms with Crippen LogP contribution in [0.3, 0.4) is 0 Å². The first-order chi connectivity index (χ1) is 19.3. The minimum atomic E-state index is -1.48. The highest BCUT2D eigenvalue weighted by atomic mass is 16.7. The predicted octanol–water partition coefficient (Wildman–Crippen LogP) is -4.19. The number of carbonyl (C=O) groups is 1. The zero-order chi connectivity index (χ0) is 30.5. The highest BCUT2D eigenvalue weighted by Crippen LogP contribution is 2.34. The molecule has 0 aromatic heterocycles. The third-order valence-electron chi connectivity index (χ3n) is 8.44. The molecule has 0 aromatic rings. The molecule has 0 radical (unpaired) electrons. The third kappa shape index (κ3) is 8.75. The summed E-state index contributed by atoms with van der Waals surface area (Å²) in [4.78, 5) is 12.5. The molecule has 0 bridgehead atoms. The average Bonchev–Trinajstić information content (AvgIpc) is 2.93. The van der Waals surface area contributed by atoms with Gasteiger partial charge in [0.25, 0.3) is 0 Å². The number of hydrogen-bond acceptors (Lipinski definition) is 14. The van der Waals surface area contributed by atoms with E-state index in [1.54, 1.807) is 6.92 Å². The zero-order valence-corrected chi connectivity index (χ0v) is 24.2. The molecule has 13 N–H and O–H groups in total. The monoisotopic (exact) mass is 593 g/mol. The first kappa shape index (κ1) is 34.4. The van der Waals surface area contributed by atoms with E-state index in [9.17, 15) is 30.3 Å². The van der Waals surface area contributed by atoms with Gasteiger partial charge in [-0.15, -0.1) is 0 Å². The third-order valence-corrected chi connectivity index (χ3v) is 8.44. The van der Waals surface area contributed by atoms with Crippen LogP contribution in [0.2, 0.25) is 0 Å². The molecule has 240 valence electrons. The second-order valence-electron chi connectivity index (χ2n) is 12.1. The Morgan fingerprint density at radius 2 is 1.80 bits per heavy atom. The highest BCUT2D eigenvalue weighted by Gasteiger charge is 2.51. The van der Waals surface area contributed by atoms with Gasteiger partial charge in [-0.25, -0.2) is 0 Å². The molecule has 6 unspecified atom stereocenters. The van der Waals surface area contributed by atoms with E-state index in [1.165, 1.54) is 6.92 Å². The van der Waals surface area contributed by atoms with Crippen molar-refractivity contribution in [2.45, 2.75) is 113 Å². The fourth-order valence-electron chi connectivity index (χ4n) is 5.35. The molecule has 3 rings (SSSR count). The van der Waals surface area contributed by atoms with Crippen molar-refractivity contribution in [1.29, 1.82) is 0 Å². The Labute approximate surface area is 241 Å². The van der Waals surface area contributed by atoms with Crippen LogP contribution in [0.25, 0.3) is 0 Å². The van der Waals surface area contributed by atoms with Gasteiger partial charge in [-0.2, -0.15) is 0 Å². The van der Waals surface area contributed by atoms with Gasteiger partial charge in [-0.1, -0.05) is 13.8 Å². The summed E-state index contributed by atoms with van der Waals surface area (Å²) in [5.74, 6) is -1.29. The summed E-state index contributed by atoms with van der Waals surface area (Å²) in [6.07, 6.45) is -7.29. The van der Waals surface area contributed by atoms with E-state index in [1.807, 2.05) is 6.92 Å². The van der Waals surface area contributed by atoms with E-state index in [4.69, 9.17) is 36.1 Å². The lowest BCUT2D eigenvalue weighted by molar-refractivity contribution is -0.314. The van der Waals surface area contributed by atoms with Crippen LogP contribution in [0.4, 0.5) is 0 Å². The van der Waals surface area contributed by atoms with Gasteiger partial charge in [0, 0.05) is 31.7 Å². The molecule has 1 saturated carbocycles. The molecule has 0 aromatic carbocycles. The summed E-state index contributed by atoms with van der Waals surface area (Å²) in [5, 5.41) is 57.8. The molecule has 1 aliphatic carbocycles. The summed E-state index contributed by atoms with van der Waals surface area (Å²) in [6.45, 7) is 5.89. The Bertz CT molecular complexity index is 828. The van der Waals surface area contributed by atoms with Gasteiger partial charge in [-0.05, 0) is 38.6 Å². The van der Waals surface area contributed by atoms with Crippen molar-refractivity contribution in [2.24, 2.45) is 29.0 Å². The lowest BCUT2D eigenvalue weighted by Crippen LogP contribution is -2.68. The van der Waals surface area contributed by atoms with Crippen LogP contribution in [0.1, 0.15) is 40.0 Å². The largest absolute Gasteiger partial charge is 0.396 e. The van der Waals surface area contributed by atoms with Gasteiger partial charge in [0.15, 0.2) is 12.6 Å². The first-order valence-electron chi connectivity index (χ1n) is 14.5. The summed E-state index contributed by atoms with van der Waals surface area (Å²) in [5.41, 5.74) is 16.9. The van der Waals surface area contributed by atoms with Crippen molar-refractivity contribution in [3.05, 3.63) is 0 Å². The number of amides is 1. The van der Waals surface area contributed by atoms with Crippen molar-refractivity contribution in [2.75, 3.05) is 32.8 Å². The molecule has 41 heavy (non-hydrogen) atoms. The molecule has 0 spiro atoms. The van der Waals surface area contributed by atoms with E-state index in [0.29, 0.717) is 25.9 Å². The summed E-state index contributed by atoms with van der Waals surface area (Å²) in [6, 6.07) is -2.17. The molecule has 3 aliphatic rings. The second kappa shape index (κ2) is 15.1. The fourth-order valence-corrected chi connectivity index (χ4v) is 5.35. The van der Waals surface area contributed by atoms with Gasteiger partial charge in [0.2, 0.25) is 5.91 Å². The van der Waals surface area contributed by atoms with Crippen molar-refractivity contribution in [3.63, 3.8) is 0 Å². The van der Waals surface area contributed by atoms with Crippen molar-refractivity contribution >= 4 is 5.91 Å². The van der Waals surface area contributed by atoms with E-state index >= 15 is 0 Å². The average molecular weight is 594 g/mol. The van der Waals surface area contributed by atoms with Crippen molar-refractivity contribution < 1.29 is 49.3 Å². The lowest BCUT2D eigenvalue weighted by atomic mass is 9.82. The molecule has 3 fully saturated rings. The van der Waals surface area contributed by atoms with Crippen LogP contribution < -0.4 is 27.8 Å². The van der Waals surface area contributed by atoms with Crippen LogP contribution in [-0.2, 0) is 23.7 Å². The van der Waals surface area contributed by atoms with E-state index in [-0.39, 0.29) is 38.2 Å². The normalized spacial score (nSPS) is 43.3. The van der Waals surface area contributed by atoms with Gasteiger partial charge in [0.1, 0.15) is 30.5 Å². The van der Waals surface area contributed by atoms with Crippen LogP contribution in [0.5, 0.6) is 0 Å². The van der Waals surface area contributed by atoms with Crippen LogP contribution in [-0.4, -0.2) is 137 Å². The first-order valence-corrected chi connectivity index (χ1v) is 14.5. The molecule has 1 amide bonds. The van der Waals surface area contributed by atoms with Crippen LogP contribution in [0.15, 0.2) is 0 Å². The van der Waals surface area contributed by atoms with Crippen molar-refractivity contribution in [1.82, 2.24) is 10.6 Å². The number of carbonyl (C=O) groups excluding carboxylic acids is 1. The van der Waals surface area contributed by atoms with Crippen LogP contribution in [0, 0.1) is 11.8 Å². The number of nitrogens with two attached hydrogens (primary N) is 3. The quantitative estimate of drug-likeness (QED) is 0.103. The SMILES string of the molecule is C[C@H](CO)CNC[C@@H]1CCC(N)[C@@H](OC2C(O)C(O[C@H]3OCC(C)(O)[C@H](C)C3O)[C@H](NC(=O)[C@@H](O)CN)C[C@@H]2N)O1. The Kier molecular flexibility index (Phi) is 12.7. The van der Waals surface area contributed by atoms with Gasteiger partial charge in [0.05, 0.1) is 30.4 Å². The minimum absolute atomic E-state index is 0.0730. The predicted molar refractivity (Wildman–Crippen MR) is 146 cm³/mol. The number of aliphatic hydroxyl groups is 5. The molecule has 2 heterocycles. The van der Waals surface area contributed by atoms with Gasteiger partial charge < -0.3 is 72.3 Å². The molecular weight excluding hydrogens is 542 g/mol. The van der Waals surface area contributed by atoms with E-state index in [2.05, 4.69) is 10.6 Å². The maximum absolute atomic E-state index is 12.5. The van der Waals surface area contributed by atoms with Crippen LogP contribution >= 0.6 is 0 Å². The molecular formula is C26H51N5O10. The van der Waals surface area contributed by atoms with E-state index < -0.39 is 78.7 Å². The highest BCUT2D eigenvalue weighted by molar-refractivity contribution is 5.81. The number of aliphatic hydroxyl groups excluding tert-OH is 4. The second-order valence-corrected chi connectivity index (χ2v) is 12.1. The Morgan fingerprint density at radius 3 is 2.46 bits per heavy atom. The van der Waals surface area contributed by atoms with Gasteiger partial charge >= 0.3 is 0 Å². The summed E-state index contributed by atoms with van der Waals surface area (Å²) in [7, 11) is 0. The number of nitrogens with one attached hydrogen (secondary N) is 2. The molecule has 2 aliphatic heterocycles. The minimum Gasteiger partial charge on any atom is -0.396 e. The number of rotatable bonds is 12. The Hall–Kier alpha value is -1.05. The smallest absolute Gasteiger partial charge is 0.250 e. The maximum atomic E-state index is 12.5. The Morgan fingerprint density at radius 1 is 1.12 bits per heavy atom. The molecule has 2 saturated heterocycles.